The molecule has 0 amide bonds. The van der Waals surface area contributed by atoms with Crippen molar-refractivity contribution in [2.45, 2.75) is 0 Å². The monoisotopic (exact) mass is 1370 g/mol. The molecule has 12 rings (SSSR count). The Kier molecular flexibility index (Phi) is 29.1. The average molecular weight is 1370 g/mol. The van der Waals surface area contributed by atoms with Crippen molar-refractivity contribution in [1.82, 2.24) is 0 Å². The van der Waals surface area contributed by atoms with Crippen LogP contribution in [0.25, 0.3) is 66.8 Å². The van der Waals surface area contributed by atoms with Gasteiger partial charge in [0.25, 0.3) is 0 Å². The summed E-state index contributed by atoms with van der Waals surface area (Å²) in [7, 11) is 0. The van der Waals surface area contributed by atoms with Crippen LogP contribution in [0.3, 0.4) is 0 Å². The normalized spacial score (nSPS) is 9.55. The van der Waals surface area contributed by atoms with E-state index in [-0.39, 0.29) is 27.3 Å². The second-order valence-electron chi connectivity index (χ2n) is 17.8. The van der Waals surface area contributed by atoms with E-state index < -0.39 is 10.2 Å². The number of nitrogens with zero attached hydrogens (tertiary/aromatic N) is 14. The van der Waals surface area contributed by atoms with Gasteiger partial charge in [-0.25, -0.2) is 0 Å². The molecule has 0 aliphatic heterocycles. The maximum atomic E-state index is 10.8. The van der Waals surface area contributed by atoms with Gasteiger partial charge in [-0.1, -0.05) is 0 Å². The van der Waals surface area contributed by atoms with Crippen molar-refractivity contribution in [1.29, 1.82) is 0 Å². The summed E-state index contributed by atoms with van der Waals surface area (Å²) in [5.74, 6) is 0. The Hall–Kier alpha value is -13.3. The number of pyridine rings is 12. The Labute approximate surface area is 545 Å². The van der Waals surface area contributed by atoms with Crippen LogP contribution in [0.1, 0.15) is 0 Å². The van der Waals surface area contributed by atoms with Gasteiger partial charge in [0.1, 0.15) is 0 Å². The van der Waals surface area contributed by atoms with Crippen LogP contribution in [-0.2, 0) is 27.3 Å². The molecule has 0 atom stereocenters. The predicted molar refractivity (Wildman–Crippen MR) is 320 cm³/mol. The molecule has 0 radical (unpaired) electrons. The molecule has 12 aromatic rings. The van der Waals surface area contributed by atoms with Crippen LogP contribution in [0.2, 0.25) is 0 Å². The summed E-state index contributed by atoms with van der Waals surface area (Å²) >= 11 is 0. The van der Waals surface area contributed by atoms with E-state index >= 15 is 0 Å². The zero-order valence-electron chi connectivity index (χ0n) is 48.0. The first-order valence-corrected chi connectivity index (χ1v) is 25.9. The van der Waals surface area contributed by atoms with Crippen LogP contribution >= 0.6 is 0 Å². The van der Waals surface area contributed by atoms with Gasteiger partial charge >= 0.3 is 27.3 Å². The molecule has 0 aromatic carbocycles. The molecule has 0 saturated heterocycles. The van der Waals surface area contributed by atoms with Crippen LogP contribution in [-0.4, -0.2) is 10.2 Å². The van der Waals surface area contributed by atoms with Gasteiger partial charge in [-0.15, -0.1) is 0 Å². The fourth-order valence-electron chi connectivity index (χ4n) is 7.26. The largest absolute Gasteiger partial charge is 2.00 e. The van der Waals surface area contributed by atoms with Crippen molar-refractivity contribution in [2.24, 2.45) is 0 Å². The van der Waals surface area contributed by atoms with Crippen molar-refractivity contribution >= 4 is 0 Å². The zero-order valence-corrected chi connectivity index (χ0v) is 52.1. The van der Waals surface area contributed by atoms with Gasteiger partial charge in [0, 0.05) is 146 Å². The topological polar surface area (TPSA) is 456 Å². The molecule has 12 heterocycles. The summed E-state index contributed by atoms with van der Waals surface area (Å²) < 4.78 is 8.67. The van der Waals surface area contributed by atoms with Gasteiger partial charge < -0.3 is 93.1 Å². The summed E-state index contributed by atoms with van der Waals surface area (Å²) in [6, 6.07) is 40.9. The average Bonchev–Trinajstić information content (AvgIpc) is 2.29. The Morgan fingerprint density at radius 1 is 0.161 bits per heavy atom. The SMILES string of the molecule is O=[N+]([O-])[O-].O=[N+]([O-])[O-].[Cd+2].[O-][n+]1ccc(-c2cc[n+]([O-])cc2)cc1.[O-][n+]1ccc(-c2cc[n+]([O-])cc2)cc1.[O-][n+]1ccc(-c2cc[n+]([O-])cc2)cc1.[O-][n+]1ccc(-c2cc[n+]([O-])cc2)cc1.[O-][n+]1ccc(-c2cc[n+]([O-])cc2)cc1.[O-][n+]1ccc(-c2cc[n+]([O-])cc2)cc1. The molecule has 468 valence electrons. The third kappa shape index (κ3) is 27.1. The van der Waals surface area contributed by atoms with Crippen molar-refractivity contribution in [3.63, 3.8) is 0 Å². The minimum Gasteiger partial charge on any atom is -0.619 e. The molecule has 0 aliphatic rings. The first-order valence-electron chi connectivity index (χ1n) is 25.9. The van der Waals surface area contributed by atoms with E-state index in [1.165, 1.54) is 149 Å². The van der Waals surface area contributed by atoms with Gasteiger partial charge in [0.2, 0.25) is 0 Å². The molecule has 0 fully saturated rings. The molecule has 33 heteroatoms. The summed E-state index contributed by atoms with van der Waals surface area (Å²) in [4.78, 5) is 16.5. The molecule has 12 aromatic heterocycles. The summed E-state index contributed by atoms with van der Waals surface area (Å²) in [5.41, 5.74) is 11.0. The molecule has 0 aliphatic carbocycles. The third-order valence-corrected chi connectivity index (χ3v) is 11.6. The Bertz CT molecular complexity index is 3180. The van der Waals surface area contributed by atoms with Crippen LogP contribution in [0.15, 0.2) is 294 Å². The smallest absolute Gasteiger partial charge is 0.619 e. The van der Waals surface area contributed by atoms with Crippen molar-refractivity contribution in [3.8, 4) is 66.8 Å². The minimum absolute atomic E-state index is 0. The number of hydrogen-bond donors (Lipinski definition) is 0. The van der Waals surface area contributed by atoms with Crippen LogP contribution < -0.4 is 56.8 Å². The number of aromatic nitrogens is 12. The van der Waals surface area contributed by atoms with Crippen LogP contribution in [0.4, 0.5) is 0 Å². The Balaban J connectivity index is 0.000000232. The second kappa shape index (κ2) is 37.4. The number of hydrogen-bond acceptors (Lipinski definition) is 18. The molecule has 0 bridgehead atoms. The molecular weight excluding hydrogens is 1320 g/mol. The second-order valence-corrected chi connectivity index (χ2v) is 17.8. The predicted octanol–water partition coefficient (Wildman–Crippen LogP) is 3.24. The van der Waals surface area contributed by atoms with Crippen LogP contribution in [0.5, 0.6) is 0 Å². The van der Waals surface area contributed by atoms with E-state index in [0.29, 0.717) is 0 Å². The summed E-state index contributed by atoms with van der Waals surface area (Å²) in [6.07, 6.45) is 34.2. The quantitative estimate of drug-likeness (QED) is 0.0758. The Morgan fingerprint density at radius 2 is 0.204 bits per heavy atom. The molecule has 0 unspecified atom stereocenters. The maximum absolute atomic E-state index is 10.8. The van der Waals surface area contributed by atoms with E-state index in [1.54, 1.807) is 146 Å². The van der Waals surface area contributed by atoms with E-state index in [1.807, 2.05) is 0 Å². The van der Waals surface area contributed by atoms with Gasteiger partial charge in [-0.3, -0.25) is 0 Å². The first kappa shape index (κ1) is 72.2. The molecule has 32 nitrogen and oxygen atoms in total. The van der Waals surface area contributed by atoms with E-state index in [2.05, 4.69) is 0 Å². The fraction of sp³-hybridized carbons (Fsp3) is 0. The van der Waals surface area contributed by atoms with Gasteiger partial charge in [-0.2, -0.15) is 56.8 Å². The Morgan fingerprint density at radius 3 is 0.247 bits per heavy atom. The van der Waals surface area contributed by atoms with Crippen LogP contribution in [0, 0.1) is 93.1 Å². The zero-order chi connectivity index (χ0) is 67.0. The number of rotatable bonds is 6. The standard InChI is InChI=1S/6C10H8N2O2.Cd.2NO3/c6*13-11-5-1-9(2-6-11)10-3-7-12(14)8-4-10;;2*2-1(3)4/h6*1-8H;;;/q;;;;;;+2;2*-1. The fourth-order valence-corrected chi connectivity index (χ4v) is 7.26. The third-order valence-electron chi connectivity index (χ3n) is 11.6. The molecular formula is C60H48CdN14O18. The molecule has 93 heavy (non-hydrogen) atoms. The van der Waals surface area contributed by atoms with E-state index in [0.717, 1.165) is 124 Å². The van der Waals surface area contributed by atoms with E-state index in [9.17, 15) is 62.5 Å². The molecule has 0 saturated carbocycles. The van der Waals surface area contributed by atoms with Crippen molar-refractivity contribution < 1.29 is 94.2 Å². The first-order chi connectivity index (χ1) is 44.0. The summed E-state index contributed by atoms with van der Waals surface area (Å²) in [6.45, 7) is 0. The van der Waals surface area contributed by atoms with E-state index in [4.69, 9.17) is 30.6 Å². The molecule has 0 spiro atoms. The van der Waals surface area contributed by atoms with Gasteiger partial charge in [0.05, 0.1) is 10.2 Å². The maximum Gasteiger partial charge on any atom is 2.00 e. The van der Waals surface area contributed by atoms with Gasteiger partial charge in [-0.05, 0) is 66.8 Å². The van der Waals surface area contributed by atoms with Crippen molar-refractivity contribution in [2.75, 3.05) is 0 Å². The summed E-state index contributed by atoms with van der Waals surface area (Å²) in [5, 5.41) is 159. The van der Waals surface area contributed by atoms with Gasteiger partial charge in [0.15, 0.2) is 149 Å². The molecule has 0 N–H and O–H groups in total. The minimum atomic E-state index is -1.75. The van der Waals surface area contributed by atoms with Crippen molar-refractivity contribution in [3.05, 3.63) is 387 Å².